The van der Waals surface area contributed by atoms with Crippen LogP contribution in [0.15, 0.2) is 212 Å². The zero-order chi connectivity index (χ0) is 40.2. The van der Waals surface area contributed by atoms with Gasteiger partial charge in [0.2, 0.25) is 0 Å². The van der Waals surface area contributed by atoms with Crippen LogP contribution in [0, 0.1) is 0 Å². The SMILES string of the molecule is CC1(C)c2ccccc2-c2ccc(N(c3ccc(-c4cccc(-c5ccccc5)c4)cc3)c3cc(-c4cc5ccccc5c5ccccc45)ccc3C3=CC=CCC3)cc21. The minimum atomic E-state index is -0.132. The van der Waals surface area contributed by atoms with E-state index >= 15 is 0 Å². The summed E-state index contributed by atoms with van der Waals surface area (Å²) in [5.74, 6) is 0. The fourth-order valence-corrected chi connectivity index (χ4v) is 9.85. The van der Waals surface area contributed by atoms with Crippen molar-refractivity contribution in [2.75, 3.05) is 4.90 Å². The average molecular weight is 768 g/mol. The predicted molar refractivity (Wildman–Crippen MR) is 256 cm³/mol. The summed E-state index contributed by atoms with van der Waals surface area (Å²) < 4.78 is 0. The highest BCUT2D eigenvalue weighted by Gasteiger charge is 2.36. The van der Waals surface area contributed by atoms with Gasteiger partial charge in [0, 0.05) is 22.4 Å². The molecular formula is C59H45N. The fourth-order valence-electron chi connectivity index (χ4n) is 9.85. The summed E-state index contributed by atoms with van der Waals surface area (Å²) in [6, 6.07) is 72.1. The van der Waals surface area contributed by atoms with Crippen molar-refractivity contribution < 1.29 is 0 Å². The Balaban J connectivity index is 1.13. The molecular weight excluding hydrogens is 723 g/mol. The highest BCUT2D eigenvalue weighted by atomic mass is 15.1. The van der Waals surface area contributed by atoms with E-state index in [2.05, 4.69) is 231 Å². The van der Waals surface area contributed by atoms with Crippen LogP contribution in [0.3, 0.4) is 0 Å². The molecule has 1 heteroatoms. The van der Waals surface area contributed by atoms with Crippen LogP contribution in [0.25, 0.3) is 71.6 Å². The lowest BCUT2D eigenvalue weighted by atomic mass is 9.82. The van der Waals surface area contributed by atoms with Crippen LogP contribution in [-0.2, 0) is 5.41 Å². The molecule has 0 N–H and O–H groups in total. The third kappa shape index (κ3) is 6.09. The third-order valence-corrected chi connectivity index (χ3v) is 12.9. The Bertz CT molecular complexity index is 3160. The van der Waals surface area contributed by atoms with Gasteiger partial charge in [-0.1, -0.05) is 184 Å². The molecule has 0 aromatic heterocycles. The number of hydrogen-bond donors (Lipinski definition) is 0. The first-order valence-corrected chi connectivity index (χ1v) is 21.2. The summed E-state index contributed by atoms with van der Waals surface area (Å²) in [7, 11) is 0. The summed E-state index contributed by atoms with van der Waals surface area (Å²) in [6.45, 7) is 4.75. The topological polar surface area (TPSA) is 3.24 Å². The Morgan fingerprint density at radius 2 is 1.05 bits per heavy atom. The first-order chi connectivity index (χ1) is 29.5. The van der Waals surface area contributed by atoms with Gasteiger partial charge >= 0.3 is 0 Å². The lowest BCUT2D eigenvalue weighted by Gasteiger charge is -2.31. The zero-order valence-corrected chi connectivity index (χ0v) is 34.1. The minimum absolute atomic E-state index is 0.132. The van der Waals surface area contributed by atoms with Crippen molar-refractivity contribution in [3.8, 4) is 44.5 Å². The molecule has 0 saturated carbocycles. The summed E-state index contributed by atoms with van der Waals surface area (Å²) in [5, 5.41) is 5.08. The van der Waals surface area contributed by atoms with Crippen molar-refractivity contribution in [3.05, 3.63) is 229 Å². The maximum absolute atomic E-state index is 2.52. The smallest absolute Gasteiger partial charge is 0.0542 e. The number of benzene rings is 9. The Morgan fingerprint density at radius 1 is 0.417 bits per heavy atom. The van der Waals surface area contributed by atoms with Gasteiger partial charge in [0.05, 0.1) is 5.69 Å². The van der Waals surface area contributed by atoms with Gasteiger partial charge in [0.25, 0.3) is 0 Å². The van der Waals surface area contributed by atoms with E-state index < -0.39 is 0 Å². The predicted octanol–water partition coefficient (Wildman–Crippen LogP) is 16.5. The molecule has 0 bridgehead atoms. The van der Waals surface area contributed by atoms with E-state index in [0.29, 0.717) is 0 Å². The van der Waals surface area contributed by atoms with Crippen molar-refractivity contribution in [2.24, 2.45) is 0 Å². The molecule has 0 amide bonds. The number of rotatable bonds is 7. The maximum atomic E-state index is 2.52. The molecule has 0 unspecified atom stereocenters. The molecule has 0 fully saturated rings. The van der Waals surface area contributed by atoms with E-state index in [1.54, 1.807) is 0 Å². The van der Waals surface area contributed by atoms with Gasteiger partial charge in [-0.15, -0.1) is 0 Å². The minimum Gasteiger partial charge on any atom is -0.310 e. The summed E-state index contributed by atoms with van der Waals surface area (Å²) >= 11 is 0. The molecule has 11 rings (SSSR count). The molecule has 9 aromatic rings. The first-order valence-electron chi connectivity index (χ1n) is 21.2. The van der Waals surface area contributed by atoms with Crippen molar-refractivity contribution in [1.82, 2.24) is 0 Å². The van der Waals surface area contributed by atoms with Gasteiger partial charge in [-0.3, -0.25) is 0 Å². The highest BCUT2D eigenvalue weighted by Crippen LogP contribution is 2.52. The van der Waals surface area contributed by atoms with E-state index in [4.69, 9.17) is 0 Å². The van der Waals surface area contributed by atoms with Crippen LogP contribution >= 0.6 is 0 Å². The summed E-state index contributed by atoms with van der Waals surface area (Å²) in [4.78, 5) is 2.52. The van der Waals surface area contributed by atoms with E-state index in [1.165, 1.54) is 94.0 Å². The number of anilines is 3. The second-order valence-electron chi connectivity index (χ2n) is 16.8. The van der Waals surface area contributed by atoms with Gasteiger partial charge in [-0.2, -0.15) is 0 Å². The Labute approximate surface area is 353 Å². The lowest BCUT2D eigenvalue weighted by molar-refractivity contribution is 0.660. The second kappa shape index (κ2) is 14.6. The number of fused-ring (bicyclic) bond motifs is 6. The Kier molecular flexibility index (Phi) is 8.71. The zero-order valence-electron chi connectivity index (χ0n) is 34.1. The van der Waals surface area contributed by atoms with E-state index in [0.717, 1.165) is 24.2 Å². The Morgan fingerprint density at radius 3 is 1.85 bits per heavy atom. The quantitative estimate of drug-likeness (QED) is 0.146. The van der Waals surface area contributed by atoms with Gasteiger partial charge < -0.3 is 4.90 Å². The summed E-state index contributed by atoms with van der Waals surface area (Å²) in [6.07, 6.45) is 8.85. The van der Waals surface area contributed by atoms with Crippen LogP contribution in [0.1, 0.15) is 43.4 Å². The molecule has 9 aromatic carbocycles. The fraction of sp³-hybridized carbons (Fsp3) is 0.0847. The number of hydrogen-bond acceptors (Lipinski definition) is 1. The van der Waals surface area contributed by atoms with Crippen molar-refractivity contribution >= 4 is 44.2 Å². The van der Waals surface area contributed by atoms with E-state index in [-0.39, 0.29) is 5.41 Å². The van der Waals surface area contributed by atoms with E-state index in [1.807, 2.05) is 0 Å². The molecule has 0 heterocycles. The third-order valence-electron chi connectivity index (χ3n) is 12.9. The van der Waals surface area contributed by atoms with Gasteiger partial charge in [0.1, 0.15) is 0 Å². The van der Waals surface area contributed by atoms with Crippen molar-refractivity contribution in [3.63, 3.8) is 0 Å². The molecule has 0 aliphatic heterocycles. The second-order valence-corrected chi connectivity index (χ2v) is 16.8. The van der Waals surface area contributed by atoms with Crippen LogP contribution < -0.4 is 4.90 Å². The molecule has 0 radical (unpaired) electrons. The monoisotopic (exact) mass is 767 g/mol. The Hall–Kier alpha value is -7.22. The standard InChI is InChI=1S/C59H45N/c1-59(2)56-27-14-13-26-53(56)54-35-33-48(39-57(54)59)60(47-31-28-41(29-32-47)44-22-15-21-43(36-44)40-16-5-3-6-17-40)58-38-46(30-34-50(58)42-18-7-4-8-19-42)55-37-45-20-9-10-23-49(45)51-24-11-12-25-52(51)55/h3-7,9-18,20-39H,8,19H2,1-2H3. The van der Waals surface area contributed by atoms with Crippen LogP contribution in [-0.4, -0.2) is 0 Å². The van der Waals surface area contributed by atoms with E-state index in [9.17, 15) is 0 Å². The number of nitrogens with zero attached hydrogens (tertiary/aromatic N) is 1. The van der Waals surface area contributed by atoms with Crippen molar-refractivity contribution in [1.29, 1.82) is 0 Å². The molecule has 0 saturated heterocycles. The summed E-state index contributed by atoms with van der Waals surface area (Å²) in [5.41, 5.74) is 18.6. The average Bonchev–Trinajstić information content (AvgIpc) is 3.55. The van der Waals surface area contributed by atoms with Gasteiger partial charge in [0.15, 0.2) is 0 Å². The molecule has 0 atom stereocenters. The molecule has 2 aliphatic rings. The molecule has 2 aliphatic carbocycles. The molecule has 60 heavy (non-hydrogen) atoms. The van der Waals surface area contributed by atoms with Crippen LogP contribution in [0.5, 0.6) is 0 Å². The van der Waals surface area contributed by atoms with Gasteiger partial charge in [-0.25, -0.2) is 0 Å². The molecule has 286 valence electrons. The maximum Gasteiger partial charge on any atom is 0.0542 e. The molecule has 1 nitrogen and oxygen atoms in total. The normalized spacial score (nSPS) is 13.9. The van der Waals surface area contributed by atoms with Gasteiger partial charge in [-0.05, 0) is 138 Å². The highest BCUT2D eigenvalue weighted by molar-refractivity contribution is 6.14. The molecule has 0 spiro atoms. The van der Waals surface area contributed by atoms with Crippen molar-refractivity contribution in [2.45, 2.75) is 32.1 Å². The van der Waals surface area contributed by atoms with Crippen LogP contribution in [0.2, 0.25) is 0 Å². The lowest BCUT2D eigenvalue weighted by Crippen LogP contribution is -2.17. The number of allylic oxidation sites excluding steroid dienone is 4. The largest absolute Gasteiger partial charge is 0.310 e. The first kappa shape index (κ1) is 35.9. The van der Waals surface area contributed by atoms with Crippen LogP contribution in [0.4, 0.5) is 17.1 Å².